The fourth-order valence-corrected chi connectivity index (χ4v) is 5.80. The van der Waals surface area contributed by atoms with Gasteiger partial charge in [0.15, 0.2) is 6.29 Å². The van der Waals surface area contributed by atoms with Crippen molar-refractivity contribution in [2.24, 2.45) is 0 Å². The van der Waals surface area contributed by atoms with Gasteiger partial charge in [0.1, 0.15) is 0 Å². The number of unbranched alkanes of at least 4 members (excludes halogenated alkanes) is 1. The molecule has 1 amide bonds. The molecule has 2 fully saturated rings. The predicted octanol–water partition coefficient (Wildman–Crippen LogP) is 5.04. The van der Waals surface area contributed by atoms with Crippen LogP contribution in [0.5, 0.6) is 0 Å². The molecule has 3 atom stereocenters. The number of piperazine rings is 1. The van der Waals surface area contributed by atoms with Crippen molar-refractivity contribution in [1.82, 2.24) is 4.90 Å². The summed E-state index contributed by atoms with van der Waals surface area (Å²) in [6, 6.07) is 21.8. The van der Waals surface area contributed by atoms with Gasteiger partial charge >= 0.3 is 5.97 Å². The van der Waals surface area contributed by atoms with Crippen LogP contribution >= 0.6 is 0 Å². The molecule has 3 N–H and O–H groups in total. The van der Waals surface area contributed by atoms with Crippen molar-refractivity contribution in [3.8, 4) is 0 Å². The first kappa shape index (κ1) is 33.0. The van der Waals surface area contributed by atoms with E-state index < -0.39 is 12.3 Å². The number of nitro benzene ring substituents is 1. The normalized spacial score (nSPS) is 20.3. The summed E-state index contributed by atoms with van der Waals surface area (Å²) in [5, 5.41) is 32.1. The number of hydrogen-bond acceptors (Lipinski definition) is 9. The monoisotopic (exact) mass is 632 g/mol. The number of rotatable bonds is 13. The summed E-state index contributed by atoms with van der Waals surface area (Å²) in [6.45, 7) is 3.92. The quantitative estimate of drug-likeness (QED) is 0.133. The Kier molecular flexibility index (Phi) is 11.3. The molecule has 12 heteroatoms. The van der Waals surface area contributed by atoms with E-state index in [-0.39, 0.29) is 48.2 Å². The van der Waals surface area contributed by atoms with E-state index in [4.69, 9.17) is 14.6 Å². The molecule has 2 saturated heterocycles. The van der Waals surface area contributed by atoms with E-state index in [1.165, 1.54) is 12.1 Å². The van der Waals surface area contributed by atoms with Crippen LogP contribution in [0.25, 0.3) is 0 Å². The minimum Gasteiger partial charge on any atom is -0.481 e. The second-order valence-electron chi connectivity index (χ2n) is 11.7. The number of nitrogens with one attached hydrogen (secondary N) is 1. The highest BCUT2D eigenvalue weighted by Gasteiger charge is 2.34. The van der Waals surface area contributed by atoms with Crippen LogP contribution in [0.4, 0.5) is 17.1 Å². The fraction of sp³-hybridized carbons (Fsp3) is 0.412. The lowest BCUT2D eigenvalue weighted by Crippen LogP contribution is -2.49. The number of benzene rings is 3. The maximum Gasteiger partial charge on any atom is 0.303 e. The van der Waals surface area contributed by atoms with Crippen LogP contribution in [0.15, 0.2) is 72.8 Å². The van der Waals surface area contributed by atoms with Crippen LogP contribution in [0.2, 0.25) is 0 Å². The summed E-state index contributed by atoms with van der Waals surface area (Å²) in [4.78, 5) is 38.2. The summed E-state index contributed by atoms with van der Waals surface area (Å²) in [7, 11) is 0. The Morgan fingerprint density at radius 2 is 1.52 bits per heavy atom. The Labute approximate surface area is 267 Å². The molecule has 2 heterocycles. The van der Waals surface area contributed by atoms with Gasteiger partial charge < -0.3 is 29.9 Å². The first-order valence-corrected chi connectivity index (χ1v) is 15.6. The molecular formula is C34H40N4O8. The molecule has 0 aromatic heterocycles. The maximum atomic E-state index is 12.3. The topological polar surface area (TPSA) is 155 Å². The highest BCUT2D eigenvalue weighted by molar-refractivity contribution is 5.90. The van der Waals surface area contributed by atoms with Crippen molar-refractivity contribution in [3.63, 3.8) is 0 Å². The van der Waals surface area contributed by atoms with E-state index in [0.29, 0.717) is 24.9 Å². The number of nitrogens with zero attached hydrogens (tertiary/aromatic N) is 3. The van der Waals surface area contributed by atoms with Crippen molar-refractivity contribution in [1.29, 1.82) is 0 Å². The van der Waals surface area contributed by atoms with Gasteiger partial charge in [-0.25, -0.2) is 0 Å². The number of aliphatic hydroxyl groups excluding tert-OH is 1. The number of nitro groups is 1. The smallest absolute Gasteiger partial charge is 0.303 e. The van der Waals surface area contributed by atoms with Gasteiger partial charge in [0.05, 0.1) is 23.7 Å². The van der Waals surface area contributed by atoms with Gasteiger partial charge in [0.2, 0.25) is 5.91 Å². The van der Waals surface area contributed by atoms with Crippen LogP contribution in [0.1, 0.15) is 61.2 Å². The second-order valence-corrected chi connectivity index (χ2v) is 11.7. The Bertz CT molecular complexity index is 1460. The van der Waals surface area contributed by atoms with Crippen molar-refractivity contribution in [2.45, 2.75) is 57.2 Å². The second kappa shape index (κ2) is 15.8. The standard InChI is InChI=1S/C34H40N4O8/c39-23-24-5-7-25(8-6-24)31-21-30(22-36-17-19-37(20-18-36)28-13-15-29(16-14-28)38(43)44)45-34(46-31)26-9-11-27(12-10-26)35-32(40)3-1-2-4-33(41)42/h5-16,30-31,34,39H,1-4,17-23H2,(H,35,40)(H,41,42)/t30-,31+,34+/m1/s1. The zero-order valence-electron chi connectivity index (χ0n) is 25.6. The van der Waals surface area contributed by atoms with Gasteiger partial charge in [-0.1, -0.05) is 36.4 Å². The van der Waals surface area contributed by atoms with Gasteiger partial charge in [-0.05, 0) is 48.2 Å². The number of aliphatic carboxylic acids is 1. The number of non-ortho nitro benzene ring substituents is 1. The van der Waals surface area contributed by atoms with Crippen LogP contribution in [-0.4, -0.2) is 70.7 Å². The molecule has 3 aromatic carbocycles. The molecule has 2 aliphatic heterocycles. The van der Waals surface area contributed by atoms with Crippen molar-refractivity contribution >= 4 is 28.9 Å². The van der Waals surface area contributed by atoms with Crippen LogP contribution < -0.4 is 10.2 Å². The molecule has 46 heavy (non-hydrogen) atoms. The first-order valence-electron chi connectivity index (χ1n) is 15.6. The number of ether oxygens (including phenoxy) is 2. The number of carboxylic acid groups (broad SMARTS) is 1. The van der Waals surface area contributed by atoms with Crippen molar-refractivity contribution in [2.75, 3.05) is 42.9 Å². The number of anilines is 2. The summed E-state index contributed by atoms with van der Waals surface area (Å²) in [6.07, 6.45) is 0.976. The van der Waals surface area contributed by atoms with E-state index >= 15 is 0 Å². The van der Waals surface area contributed by atoms with Gasteiger partial charge in [-0.3, -0.25) is 24.6 Å². The van der Waals surface area contributed by atoms with E-state index in [2.05, 4.69) is 15.1 Å². The number of aliphatic hydroxyl groups is 1. The molecule has 3 aromatic rings. The zero-order valence-corrected chi connectivity index (χ0v) is 25.6. The van der Waals surface area contributed by atoms with Crippen LogP contribution in [0.3, 0.4) is 0 Å². The van der Waals surface area contributed by atoms with Crippen LogP contribution in [-0.2, 0) is 25.7 Å². The molecule has 5 rings (SSSR count). The zero-order chi connectivity index (χ0) is 32.5. The maximum absolute atomic E-state index is 12.3. The molecule has 0 radical (unpaired) electrons. The fourth-order valence-electron chi connectivity index (χ4n) is 5.80. The number of amides is 1. The Hall–Kier alpha value is -4.36. The molecule has 0 unspecified atom stereocenters. The lowest BCUT2D eigenvalue weighted by atomic mass is 9.99. The van der Waals surface area contributed by atoms with Crippen LogP contribution in [0, 0.1) is 10.1 Å². The minimum atomic E-state index is -0.864. The molecule has 0 bridgehead atoms. The lowest BCUT2D eigenvalue weighted by molar-refractivity contribution is -0.384. The molecule has 244 valence electrons. The summed E-state index contributed by atoms with van der Waals surface area (Å²) < 4.78 is 13.0. The number of hydrogen-bond donors (Lipinski definition) is 3. The highest BCUT2D eigenvalue weighted by Crippen LogP contribution is 2.38. The Morgan fingerprint density at radius 3 is 2.15 bits per heavy atom. The summed E-state index contributed by atoms with van der Waals surface area (Å²) >= 11 is 0. The van der Waals surface area contributed by atoms with E-state index in [1.807, 2.05) is 48.5 Å². The lowest BCUT2D eigenvalue weighted by Gasteiger charge is -2.41. The molecule has 2 aliphatic rings. The Morgan fingerprint density at radius 1 is 0.870 bits per heavy atom. The van der Waals surface area contributed by atoms with Crippen molar-refractivity contribution in [3.05, 3.63) is 99.6 Å². The number of carbonyl (C=O) groups is 2. The summed E-state index contributed by atoms with van der Waals surface area (Å²) in [5.41, 5.74) is 4.35. The third-order valence-electron chi connectivity index (χ3n) is 8.39. The van der Waals surface area contributed by atoms with Gasteiger partial charge in [-0.15, -0.1) is 0 Å². The predicted molar refractivity (Wildman–Crippen MR) is 171 cm³/mol. The largest absolute Gasteiger partial charge is 0.481 e. The molecule has 12 nitrogen and oxygen atoms in total. The number of carboxylic acids is 1. The molecule has 0 saturated carbocycles. The average Bonchev–Trinajstić information content (AvgIpc) is 3.07. The average molecular weight is 633 g/mol. The third-order valence-corrected chi connectivity index (χ3v) is 8.39. The van der Waals surface area contributed by atoms with E-state index in [0.717, 1.165) is 55.1 Å². The molecule has 0 spiro atoms. The minimum absolute atomic E-state index is 0.0305. The SMILES string of the molecule is O=C(O)CCCCC(=O)Nc1ccc([C@H]2O[C@@H](CN3CCN(c4ccc([N+](=O)[O-])cc4)CC3)C[C@@H](c3ccc(CO)cc3)O2)cc1. The van der Waals surface area contributed by atoms with Gasteiger partial charge in [0, 0.05) is 81.1 Å². The highest BCUT2D eigenvalue weighted by atomic mass is 16.7. The van der Waals surface area contributed by atoms with Gasteiger partial charge in [-0.2, -0.15) is 0 Å². The van der Waals surface area contributed by atoms with E-state index in [1.54, 1.807) is 12.1 Å². The van der Waals surface area contributed by atoms with Crippen molar-refractivity contribution < 1.29 is 34.2 Å². The third kappa shape index (κ3) is 9.10. The van der Waals surface area contributed by atoms with Gasteiger partial charge in [0.25, 0.3) is 5.69 Å². The Balaban J connectivity index is 1.21. The van der Waals surface area contributed by atoms with E-state index in [9.17, 15) is 24.8 Å². The number of carbonyl (C=O) groups excluding carboxylic acids is 1. The first-order chi connectivity index (χ1) is 22.3. The summed E-state index contributed by atoms with van der Waals surface area (Å²) in [5.74, 6) is -1.03. The molecule has 0 aliphatic carbocycles. The molecular weight excluding hydrogens is 592 g/mol.